The van der Waals surface area contributed by atoms with Crippen LogP contribution in [0.4, 0.5) is 0 Å². The Morgan fingerprint density at radius 1 is 0.900 bits per heavy atom. The molecule has 0 amide bonds. The SMILES string of the molecule is COC(=O)COc1ccc(C)cc1Cc1cc(C=O)c(OCC(=O)OC)c(OC)c1. The molecule has 0 radical (unpaired) electrons. The van der Waals surface area contributed by atoms with Crippen molar-refractivity contribution < 1.29 is 38.1 Å². The second kappa shape index (κ2) is 10.8. The summed E-state index contributed by atoms with van der Waals surface area (Å²) < 4.78 is 25.5. The van der Waals surface area contributed by atoms with Crippen LogP contribution in [0.15, 0.2) is 30.3 Å². The summed E-state index contributed by atoms with van der Waals surface area (Å²) in [6.45, 7) is 1.38. The number of hydrogen-bond acceptors (Lipinski definition) is 8. The summed E-state index contributed by atoms with van der Waals surface area (Å²) in [6.07, 6.45) is 1.04. The van der Waals surface area contributed by atoms with E-state index in [-0.39, 0.29) is 24.5 Å². The second-order valence-electron chi connectivity index (χ2n) is 6.35. The molecule has 0 fully saturated rings. The topological polar surface area (TPSA) is 97.4 Å². The Morgan fingerprint density at radius 2 is 1.57 bits per heavy atom. The Kier molecular flexibility index (Phi) is 8.22. The van der Waals surface area contributed by atoms with E-state index in [9.17, 15) is 14.4 Å². The molecule has 0 bridgehead atoms. The molecule has 0 heterocycles. The minimum Gasteiger partial charge on any atom is -0.493 e. The van der Waals surface area contributed by atoms with Gasteiger partial charge >= 0.3 is 11.9 Å². The highest BCUT2D eigenvalue weighted by molar-refractivity contribution is 5.82. The third-order valence-electron chi connectivity index (χ3n) is 4.24. The fourth-order valence-electron chi connectivity index (χ4n) is 2.77. The molecule has 0 spiro atoms. The van der Waals surface area contributed by atoms with E-state index in [2.05, 4.69) is 9.47 Å². The monoisotopic (exact) mass is 416 g/mol. The normalized spacial score (nSPS) is 10.1. The number of aryl methyl sites for hydroxylation is 1. The summed E-state index contributed by atoms with van der Waals surface area (Å²) in [5, 5.41) is 0. The lowest BCUT2D eigenvalue weighted by atomic mass is 9.99. The lowest BCUT2D eigenvalue weighted by Crippen LogP contribution is -2.14. The van der Waals surface area contributed by atoms with E-state index in [0.29, 0.717) is 24.2 Å². The number of esters is 2. The van der Waals surface area contributed by atoms with Crippen molar-refractivity contribution in [3.05, 3.63) is 52.6 Å². The Morgan fingerprint density at radius 3 is 2.17 bits per heavy atom. The van der Waals surface area contributed by atoms with Gasteiger partial charge in [-0.3, -0.25) is 4.79 Å². The van der Waals surface area contributed by atoms with Gasteiger partial charge in [-0.25, -0.2) is 9.59 Å². The first kappa shape index (κ1) is 22.7. The van der Waals surface area contributed by atoms with Crippen molar-refractivity contribution in [1.82, 2.24) is 0 Å². The van der Waals surface area contributed by atoms with Gasteiger partial charge in [0.25, 0.3) is 0 Å². The molecule has 2 rings (SSSR count). The third-order valence-corrected chi connectivity index (χ3v) is 4.24. The molecule has 2 aromatic carbocycles. The zero-order valence-corrected chi connectivity index (χ0v) is 17.4. The lowest BCUT2D eigenvalue weighted by molar-refractivity contribution is -0.143. The summed E-state index contributed by atoms with van der Waals surface area (Å²) in [7, 11) is 3.98. The van der Waals surface area contributed by atoms with Crippen LogP contribution in [-0.4, -0.2) is 52.8 Å². The maximum atomic E-state index is 11.6. The van der Waals surface area contributed by atoms with E-state index in [1.54, 1.807) is 18.2 Å². The summed E-state index contributed by atoms with van der Waals surface area (Å²) in [4.78, 5) is 34.4. The van der Waals surface area contributed by atoms with Crippen molar-refractivity contribution in [2.24, 2.45) is 0 Å². The molecule has 30 heavy (non-hydrogen) atoms. The van der Waals surface area contributed by atoms with Crippen LogP contribution in [0.1, 0.15) is 27.0 Å². The molecular formula is C22H24O8. The number of carbonyl (C=O) groups excluding carboxylic acids is 3. The highest BCUT2D eigenvalue weighted by Crippen LogP contribution is 2.34. The summed E-state index contributed by atoms with van der Waals surface area (Å²) >= 11 is 0. The predicted octanol–water partition coefficient (Wildman–Crippen LogP) is 2.51. The minimum atomic E-state index is -0.579. The van der Waals surface area contributed by atoms with Crippen LogP contribution in [0.2, 0.25) is 0 Å². The highest BCUT2D eigenvalue weighted by atomic mass is 16.6. The molecule has 8 nitrogen and oxygen atoms in total. The van der Waals surface area contributed by atoms with E-state index >= 15 is 0 Å². The van der Waals surface area contributed by atoms with Gasteiger partial charge in [0.15, 0.2) is 31.0 Å². The molecule has 0 saturated heterocycles. The number of rotatable bonds is 10. The quantitative estimate of drug-likeness (QED) is 0.431. The standard InChI is InChI=1S/C22H24O8/c1-14-5-6-18(29-12-20(24)27-3)16(7-14)8-15-9-17(11-23)22(19(10-15)26-2)30-13-21(25)28-4/h5-7,9-11H,8,12-13H2,1-4H3. The fourth-order valence-corrected chi connectivity index (χ4v) is 2.77. The molecule has 8 heteroatoms. The maximum absolute atomic E-state index is 11.6. The molecular weight excluding hydrogens is 392 g/mol. The molecule has 0 atom stereocenters. The highest BCUT2D eigenvalue weighted by Gasteiger charge is 2.16. The molecule has 0 N–H and O–H groups in total. The third kappa shape index (κ3) is 5.97. The van der Waals surface area contributed by atoms with E-state index in [1.807, 2.05) is 19.1 Å². The molecule has 2 aromatic rings. The molecule has 160 valence electrons. The maximum Gasteiger partial charge on any atom is 0.343 e. The van der Waals surface area contributed by atoms with Crippen molar-refractivity contribution in [2.75, 3.05) is 34.5 Å². The van der Waals surface area contributed by atoms with Crippen molar-refractivity contribution in [3.8, 4) is 17.2 Å². The Hall–Kier alpha value is -3.55. The first-order valence-electron chi connectivity index (χ1n) is 9.06. The van der Waals surface area contributed by atoms with Crippen molar-refractivity contribution >= 4 is 18.2 Å². The van der Waals surface area contributed by atoms with Crippen LogP contribution in [-0.2, 0) is 25.5 Å². The Bertz CT molecular complexity index is 920. The molecule has 0 aliphatic heterocycles. The van der Waals surface area contributed by atoms with Crippen molar-refractivity contribution in [2.45, 2.75) is 13.3 Å². The van der Waals surface area contributed by atoms with E-state index in [4.69, 9.17) is 14.2 Å². The molecule has 0 aromatic heterocycles. The average Bonchev–Trinajstić information content (AvgIpc) is 2.76. The minimum absolute atomic E-state index is 0.160. The number of aldehydes is 1. The van der Waals surface area contributed by atoms with Crippen LogP contribution < -0.4 is 14.2 Å². The van der Waals surface area contributed by atoms with Gasteiger partial charge < -0.3 is 23.7 Å². The van der Waals surface area contributed by atoms with Crippen molar-refractivity contribution in [3.63, 3.8) is 0 Å². The van der Waals surface area contributed by atoms with Crippen LogP contribution in [0, 0.1) is 6.92 Å². The Labute approximate surface area is 174 Å². The van der Waals surface area contributed by atoms with E-state index in [0.717, 1.165) is 16.7 Å². The van der Waals surface area contributed by atoms with Crippen LogP contribution in [0.3, 0.4) is 0 Å². The number of hydrogen-bond donors (Lipinski definition) is 0. The smallest absolute Gasteiger partial charge is 0.343 e. The Balaban J connectivity index is 2.34. The zero-order valence-electron chi connectivity index (χ0n) is 17.4. The fraction of sp³-hybridized carbons (Fsp3) is 0.318. The van der Waals surface area contributed by atoms with Gasteiger partial charge in [-0.2, -0.15) is 0 Å². The summed E-state index contributed by atoms with van der Waals surface area (Å²) in [6, 6.07) is 8.94. The molecule has 0 saturated carbocycles. The van der Waals surface area contributed by atoms with Gasteiger partial charge in [0, 0.05) is 6.42 Å². The molecule has 0 aliphatic rings. The lowest BCUT2D eigenvalue weighted by Gasteiger charge is -2.16. The summed E-state index contributed by atoms with van der Waals surface area (Å²) in [5.41, 5.74) is 2.82. The van der Waals surface area contributed by atoms with Crippen LogP contribution >= 0.6 is 0 Å². The zero-order chi connectivity index (χ0) is 22.1. The number of benzene rings is 2. The largest absolute Gasteiger partial charge is 0.493 e. The predicted molar refractivity (Wildman–Crippen MR) is 107 cm³/mol. The van der Waals surface area contributed by atoms with E-state index < -0.39 is 11.9 Å². The second-order valence-corrected chi connectivity index (χ2v) is 6.35. The first-order chi connectivity index (χ1) is 14.4. The summed E-state index contributed by atoms with van der Waals surface area (Å²) in [5.74, 6) is -0.0661. The average molecular weight is 416 g/mol. The van der Waals surface area contributed by atoms with Gasteiger partial charge in [0.05, 0.1) is 26.9 Å². The molecule has 0 aliphatic carbocycles. The van der Waals surface area contributed by atoms with Gasteiger partial charge in [0.1, 0.15) is 5.75 Å². The van der Waals surface area contributed by atoms with Crippen LogP contribution in [0.25, 0.3) is 0 Å². The van der Waals surface area contributed by atoms with Gasteiger partial charge in [-0.05, 0) is 36.2 Å². The van der Waals surface area contributed by atoms with Gasteiger partial charge in [-0.15, -0.1) is 0 Å². The van der Waals surface area contributed by atoms with Crippen molar-refractivity contribution in [1.29, 1.82) is 0 Å². The number of ether oxygens (including phenoxy) is 5. The molecule has 0 unspecified atom stereocenters. The van der Waals surface area contributed by atoms with Gasteiger partial charge in [-0.1, -0.05) is 17.7 Å². The van der Waals surface area contributed by atoms with Gasteiger partial charge in [0.2, 0.25) is 0 Å². The number of carbonyl (C=O) groups is 3. The first-order valence-corrected chi connectivity index (χ1v) is 9.06. The van der Waals surface area contributed by atoms with E-state index in [1.165, 1.54) is 21.3 Å². The van der Waals surface area contributed by atoms with Crippen LogP contribution in [0.5, 0.6) is 17.2 Å². The number of methoxy groups -OCH3 is 3.